The molecule has 2 heteroatoms. The van der Waals surface area contributed by atoms with Crippen molar-refractivity contribution in [2.75, 3.05) is 11.9 Å². The third kappa shape index (κ3) is 2.84. The summed E-state index contributed by atoms with van der Waals surface area (Å²) in [5, 5.41) is 4.32. The van der Waals surface area contributed by atoms with Crippen LogP contribution < -0.4 is 5.32 Å². The van der Waals surface area contributed by atoms with E-state index in [1.807, 2.05) is 0 Å². The second kappa shape index (κ2) is 5.34. The topological polar surface area (TPSA) is 12.0 Å². The fourth-order valence-corrected chi connectivity index (χ4v) is 1.97. The zero-order valence-electron chi connectivity index (χ0n) is 8.65. The van der Waals surface area contributed by atoms with Crippen LogP contribution in [0.5, 0.6) is 0 Å². The Bertz CT molecular complexity index is 401. The molecule has 15 heavy (non-hydrogen) atoms. The molecule has 0 saturated heterocycles. The number of hydrogen-bond acceptors (Lipinski definition) is 1. The molecule has 2 rings (SSSR count). The largest absolute Gasteiger partial charge is 0.312 e. The van der Waals surface area contributed by atoms with Gasteiger partial charge in [0, 0.05) is 23.9 Å². The summed E-state index contributed by atoms with van der Waals surface area (Å²) in [6.07, 6.45) is 2.04. The third-order valence-corrected chi connectivity index (χ3v) is 2.94. The van der Waals surface area contributed by atoms with Crippen molar-refractivity contribution >= 4 is 15.9 Å². The summed E-state index contributed by atoms with van der Waals surface area (Å²) in [6, 6.07) is 6.55. The third-order valence-electron chi connectivity index (χ3n) is 2.55. The molecule has 1 N–H and O–H groups in total. The van der Waals surface area contributed by atoms with Gasteiger partial charge in [-0.1, -0.05) is 33.8 Å². The standard InChI is InChI=1S/C13H14BrN/c14-7-2-1-3-11-4-5-13-10-15-8-6-12(13)9-11/h4-5,9,15H,2,6-8,10H2. The van der Waals surface area contributed by atoms with Crippen molar-refractivity contribution in [2.45, 2.75) is 19.4 Å². The average molecular weight is 264 g/mol. The van der Waals surface area contributed by atoms with Crippen LogP contribution in [-0.4, -0.2) is 11.9 Å². The lowest BCUT2D eigenvalue weighted by Crippen LogP contribution is -2.23. The van der Waals surface area contributed by atoms with E-state index in [1.165, 1.54) is 11.1 Å². The molecular formula is C13H14BrN. The fraction of sp³-hybridized carbons (Fsp3) is 0.385. The molecule has 0 aromatic heterocycles. The van der Waals surface area contributed by atoms with Crippen molar-refractivity contribution in [3.05, 3.63) is 34.9 Å². The maximum absolute atomic E-state index is 3.37. The first-order valence-corrected chi connectivity index (χ1v) is 6.39. The van der Waals surface area contributed by atoms with Crippen LogP contribution in [0.2, 0.25) is 0 Å². The van der Waals surface area contributed by atoms with E-state index < -0.39 is 0 Å². The molecule has 0 atom stereocenters. The lowest BCUT2D eigenvalue weighted by Gasteiger charge is -2.16. The molecule has 1 aromatic carbocycles. The molecule has 0 fully saturated rings. The predicted octanol–water partition coefficient (Wildman–Crippen LogP) is 2.47. The van der Waals surface area contributed by atoms with Gasteiger partial charge < -0.3 is 5.32 Å². The number of hydrogen-bond donors (Lipinski definition) is 1. The minimum Gasteiger partial charge on any atom is -0.312 e. The number of benzene rings is 1. The first-order chi connectivity index (χ1) is 7.40. The Labute approximate surface area is 99.4 Å². The van der Waals surface area contributed by atoms with Gasteiger partial charge in [-0.2, -0.15) is 0 Å². The van der Waals surface area contributed by atoms with Crippen LogP contribution in [0.3, 0.4) is 0 Å². The summed E-state index contributed by atoms with van der Waals surface area (Å²) >= 11 is 3.37. The van der Waals surface area contributed by atoms with Gasteiger partial charge in [0.2, 0.25) is 0 Å². The van der Waals surface area contributed by atoms with E-state index >= 15 is 0 Å². The second-order valence-electron chi connectivity index (χ2n) is 3.65. The Hall–Kier alpha value is -0.780. The van der Waals surface area contributed by atoms with E-state index in [2.05, 4.69) is 51.3 Å². The van der Waals surface area contributed by atoms with Crippen molar-refractivity contribution in [3.63, 3.8) is 0 Å². The van der Waals surface area contributed by atoms with E-state index in [4.69, 9.17) is 0 Å². The minimum absolute atomic E-state index is 0.915. The molecule has 0 spiro atoms. The Kier molecular flexibility index (Phi) is 3.82. The van der Waals surface area contributed by atoms with Crippen LogP contribution in [0.15, 0.2) is 18.2 Å². The molecule has 1 nitrogen and oxygen atoms in total. The number of halogens is 1. The van der Waals surface area contributed by atoms with Crippen molar-refractivity contribution in [2.24, 2.45) is 0 Å². The molecule has 1 aromatic rings. The predicted molar refractivity (Wildman–Crippen MR) is 67.1 cm³/mol. The van der Waals surface area contributed by atoms with Crippen molar-refractivity contribution in [3.8, 4) is 11.8 Å². The summed E-state index contributed by atoms with van der Waals surface area (Å²) in [5.74, 6) is 6.34. The molecule has 1 aliphatic heterocycles. The van der Waals surface area contributed by atoms with Gasteiger partial charge in [-0.25, -0.2) is 0 Å². The van der Waals surface area contributed by atoms with Gasteiger partial charge >= 0.3 is 0 Å². The van der Waals surface area contributed by atoms with Crippen LogP contribution in [0.1, 0.15) is 23.1 Å². The SMILES string of the molecule is BrCCC#Cc1ccc2c(c1)CCNC2. The normalized spacial score (nSPS) is 13.9. The highest BCUT2D eigenvalue weighted by molar-refractivity contribution is 9.09. The molecule has 1 aliphatic rings. The molecule has 0 unspecified atom stereocenters. The summed E-state index contributed by atoms with van der Waals surface area (Å²) in [5.41, 5.74) is 4.03. The quantitative estimate of drug-likeness (QED) is 0.607. The molecule has 0 bridgehead atoms. The lowest BCUT2D eigenvalue weighted by molar-refractivity contribution is 0.643. The summed E-state index contributed by atoms with van der Waals surface area (Å²) in [6.45, 7) is 2.09. The van der Waals surface area contributed by atoms with Gasteiger partial charge in [-0.15, -0.1) is 0 Å². The average Bonchev–Trinajstić information content (AvgIpc) is 2.29. The molecule has 0 radical (unpaired) electrons. The number of nitrogens with one attached hydrogen (secondary N) is 1. The van der Waals surface area contributed by atoms with Gasteiger partial charge in [0.15, 0.2) is 0 Å². The Morgan fingerprint density at radius 3 is 3.13 bits per heavy atom. The highest BCUT2D eigenvalue weighted by Gasteiger charge is 2.07. The Morgan fingerprint density at radius 2 is 2.27 bits per heavy atom. The number of fused-ring (bicyclic) bond motifs is 1. The maximum atomic E-state index is 3.37. The first kappa shape index (κ1) is 10.7. The molecule has 1 heterocycles. The van der Waals surface area contributed by atoms with E-state index in [0.717, 1.165) is 36.8 Å². The fourth-order valence-electron chi connectivity index (χ4n) is 1.77. The van der Waals surface area contributed by atoms with Crippen molar-refractivity contribution in [1.82, 2.24) is 5.32 Å². The minimum atomic E-state index is 0.915. The molecular weight excluding hydrogens is 250 g/mol. The lowest BCUT2D eigenvalue weighted by atomic mass is 9.98. The summed E-state index contributed by atoms with van der Waals surface area (Å²) < 4.78 is 0. The van der Waals surface area contributed by atoms with Crippen LogP contribution in [0, 0.1) is 11.8 Å². The Morgan fingerprint density at radius 1 is 1.33 bits per heavy atom. The van der Waals surface area contributed by atoms with Gasteiger partial charge in [-0.3, -0.25) is 0 Å². The van der Waals surface area contributed by atoms with E-state index in [9.17, 15) is 0 Å². The van der Waals surface area contributed by atoms with E-state index in [-0.39, 0.29) is 0 Å². The highest BCUT2D eigenvalue weighted by atomic mass is 79.9. The van der Waals surface area contributed by atoms with Crippen molar-refractivity contribution < 1.29 is 0 Å². The molecule has 0 aliphatic carbocycles. The van der Waals surface area contributed by atoms with Crippen molar-refractivity contribution in [1.29, 1.82) is 0 Å². The molecule has 78 valence electrons. The van der Waals surface area contributed by atoms with Gasteiger partial charge in [0.1, 0.15) is 0 Å². The van der Waals surface area contributed by atoms with Crippen LogP contribution in [-0.2, 0) is 13.0 Å². The van der Waals surface area contributed by atoms with Crippen LogP contribution in [0.25, 0.3) is 0 Å². The number of alkyl halides is 1. The highest BCUT2D eigenvalue weighted by Crippen LogP contribution is 2.15. The monoisotopic (exact) mass is 263 g/mol. The number of rotatable bonds is 1. The van der Waals surface area contributed by atoms with Gasteiger partial charge in [0.05, 0.1) is 0 Å². The first-order valence-electron chi connectivity index (χ1n) is 5.27. The molecule has 0 saturated carbocycles. The van der Waals surface area contributed by atoms with Crippen LogP contribution in [0.4, 0.5) is 0 Å². The molecule has 0 amide bonds. The second-order valence-corrected chi connectivity index (χ2v) is 4.44. The van der Waals surface area contributed by atoms with Gasteiger partial charge in [-0.05, 0) is 36.2 Å². The smallest absolute Gasteiger partial charge is 0.0248 e. The van der Waals surface area contributed by atoms with E-state index in [0.29, 0.717) is 0 Å². The summed E-state index contributed by atoms with van der Waals surface area (Å²) in [7, 11) is 0. The zero-order valence-corrected chi connectivity index (χ0v) is 10.2. The summed E-state index contributed by atoms with van der Waals surface area (Å²) in [4.78, 5) is 0. The van der Waals surface area contributed by atoms with E-state index in [1.54, 1.807) is 0 Å². The Balaban J connectivity index is 2.18. The maximum Gasteiger partial charge on any atom is 0.0248 e. The van der Waals surface area contributed by atoms with Gasteiger partial charge in [0.25, 0.3) is 0 Å². The zero-order chi connectivity index (χ0) is 10.5. The van der Waals surface area contributed by atoms with Crippen LogP contribution >= 0.6 is 15.9 Å².